The molecular weight excluding hydrogens is 244 g/mol. The van der Waals surface area contributed by atoms with Crippen LogP contribution in [-0.4, -0.2) is 24.2 Å². The largest absolute Gasteiger partial charge is 0.493 e. The second-order valence-corrected chi connectivity index (χ2v) is 5.39. The Balaban J connectivity index is 2.78. The normalized spacial score (nSPS) is 11.6. The van der Waals surface area contributed by atoms with Gasteiger partial charge in [0.05, 0.1) is 25.1 Å². The number of aromatic amines is 1. The predicted molar refractivity (Wildman–Crippen MR) is 74.2 cm³/mol. The molecule has 2 aromatic rings. The number of ether oxygens (including phenoxy) is 2. The number of rotatable bonds is 2. The van der Waals surface area contributed by atoms with Gasteiger partial charge in [0.1, 0.15) is 5.82 Å². The van der Waals surface area contributed by atoms with Crippen molar-refractivity contribution in [1.82, 2.24) is 9.97 Å². The lowest BCUT2D eigenvalue weighted by atomic mass is 9.95. The monoisotopic (exact) mass is 262 g/mol. The number of methoxy groups -OCH3 is 2. The van der Waals surface area contributed by atoms with Crippen LogP contribution in [0.3, 0.4) is 0 Å². The number of fused-ring (bicyclic) bond motifs is 1. The third kappa shape index (κ3) is 2.41. The smallest absolute Gasteiger partial charge is 0.258 e. The van der Waals surface area contributed by atoms with Gasteiger partial charge in [0.15, 0.2) is 11.5 Å². The minimum atomic E-state index is -0.222. The van der Waals surface area contributed by atoms with E-state index in [9.17, 15) is 4.79 Å². The molecule has 5 nitrogen and oxygen atoms in total. The van der Waals surface area contributed by atoms with Crippen LogP contribution in [0.2, 0.25) is 0 Å². The average molecular weight is 262 g/mol. The molecule has 1 heterocycles. The third-order valence-electron chi connectivity index (χ3n) is 2.92. The van der Waals surface area contributed by atoms with Gasteiger partial charge in [-0.25, -0.2) is 4.98 Å². The Morgan fingerprint density at radius 3 is 2.21 bits per heavy atom. The van der Waals surface area contributed by atoms with Crippen LogP contribution in [0.4, 0.5) is 0 Å². The second kappa shape index (κ2) is 4.57. The standard InChI is InChI=1S/C14H18N2O3/c1-14(2,3)13-15-9-7-11(19-5)10(18-4)6-8(9)12(17)16-13/h6-7H,1-5H3,(H,15,16,17). The maximum absolute atomic E-state index is 12.1. The lowest BCUT2D eigenvalue weighted by Gasteiger charge is -2.17. The van der Waals surface area contributed by atoms with Crippen molar-refractivity contribution in [1.29, 1.82) is 0 Å². The number of hydrogen-bond donors (Lipinski definition) is 1. The molecule has 0 atom stereocenters. The lowest BCUT2D eigenvalue weighted by Crippen LogP contribution is -2.22. The highest BCUT2D eigenvalue weighted by atomic mass is 16.5. The van der Waals surface area contributed by atoms with E-state index in [0.717, 1.165) is 0 Å². The van der Waals surface area contributed by atoms with Gasteiger partial charge in [0.2, 0.25) is 0 Å². The van der Waals surface area contributed by atoms with E-state index >= 15 is 0 Å². The molecule has 0 aliphatic carbocycles. The van der Waals surface area contributed by atoms with Gasteiger partial charge in [0, 0.05) is 11.5 Å². The van der Waals surface area contributed by atoms with Crippen LogP contribution >= 0.6 is 0 Å². The van der Waals surface area contributed by atoms with Crippen molar-refractivity contribution in [3.63, 3.8) is 0 Å². The SMILES string of the molecule is COc1cc2nc(C(C)(C)C)[nH]c(=O)c2cc1OC. The fraction of sp³-hybridized carbons (Fsp3) is 0.429. The first-order chi connectivity index (χ1) is 8.86. The molecule has 0 saturated heterocycles. The number of aromatic nitrogens is 2. The van der Waals surface area contributed by atoms with E-state index in [1.54, 1.807) is 19.2 Å². The molecule has 0 fully saturated rings. The molecule has 5 heteroatoms. The van der Waals surface area contributed by atoms with Crippen LogP contribution in [-0.2, 0) is 5.41 Å². The van der Waals surface area contributed by atoms with Crippen molar-refractivity contribution in [3.8, 4) is 11.5 Å². The summed E-state index contributed by atoms with van der Waals surface area (Å²) in [7, 11) is 3.09. The molecule has 0 bridgehead atoms. The summed E-state index contributed by atoms with van der Waals surface area (Å²) in [6.07, 6.45) is 0. The maximum Gasteiger partial charge on any atom is 0.258 e. The zero-order valence-electron chi connectivity index (χ0n) is 11.8. The summed E-state index contributed by atoms with van der Waals surface area (Å²) in [5, 5.41) is 0.491. The highest BCUT2D eigenvalue weighted by Gasteiger charge is 2.19. The number of nitrogens with zero attached hydrogens (tertiary/aromatic N) is 1. The van der Waals surface area contributed by atoms with Crippen LogP contribution in [0.1, 0.15) is 26.6 Å². The highest BCUT2D eigenvalue weighted by molar-refractivity contribution is 5.81. The average Bonchev–Trinajstić information content (AvgIpc) is 2.36. The van der Waals surface area contributed by atoms with Crippen LogP contribution in [0.5, 0.6) is 11.5 Å². The molecule has 2 rings (SSSR count). The van der Waals surface area contributed by atoms with Crippen molar-refractivity contribution >= 4 is 10.9 Å². The molecule has 0 spiro atoms. The second-order valence-electron chi connectivity index (χ2n) is 5.39. The zero-order chi connectivity index (χ0) is 14.2. The van der Waals surface area contributed by atoms with Gasteiger partial charge in [-0.1, -0.05) is 20.8 Å². The lowest BCUT2D eigenvalue weighted by molar-refractivity contribution is 0.355. The van der Waals surface area contributed by atoms with E-state index in [2.05, 4.69) is 9.97 Å². The van der Waals surface area contributed by atoms with Crippen molar-refractivity contribution < 1.29 is 9.47 Å². The maximum atomic E-state index is 12.1. The number of H-pyrrole nitrogens is 1. The summed E-state index contributed by atoms with van der Waals surface area (Å²) < 4.78 is 10.4. The molecule has 0 saturated carbocycles. The Morgan fingerprint density at radius 1 is 1.11 bits per heavy atom. The van der Waals surface area contributed by atoms with E-state index in [-0.39, 0.29) is 11.0 Å². The number of nitrogens with one attached hydrogen (secondary N) is 1. The summed E-state index contributed by atoms with van der Waals surface area (Å²) >= 11 is 0. The molecule has 0 radical (unpaired) electrons. The van der Waals surface area contributed by atoms with Crippen molar-refractivity contribution in [2.45, 2.75) is 26.2 Å². The Morgan fingerprint density at radius 2 is 1.68 bits per heavy atom. The fourth-order valence-corrected chi connectivity index (χ4v) is 1.82. The molecule has 1 N–H and O–H groups in total. The van der Waals surface area contributed by atoms with Gasteiger partial charge in [-0.05, 0) is 6.07 Å². The molecule has 102 valence electrons. The fourth-order valence-electron chi connectivity index (χ4n) is 1.82. The topological polar surface area (TPSA) is 64.2 Å². The minimum Gasteiger partial charge on any atom is -0.493 e. The van der Waals surface area contributed by atoms with E-state index in [1.165, 1.54) is 7.11 Å². The number of benzene rings is 1. The first kappa shape index (κ1) is 13.4. The first-order valence-corrected chi connectivity index (χ1v) is 6.03. The third-order valence-corrected chi connectivity index (χ3v) is 2.92. The quantitative estimate of drug-likeness (QED) is 0.901. The molecule has 0 unspecified atom stereocenters. The summed E-state index contributed by atoms with van der Waals surface area (Å²) in [5.74, 6) is 1.73. The molecule has 0 aliphatic rings. The molecule has 0 aliphatic heterocycles. The van der Waals surface area contributed by atoms with Crippen LogP contribution in [0, 0.1) is 0 Å². The van der Waals surface area contributed by atoms with E-state index in [0.29, 0.717) is 28.2 Å². The van der Waals surface area contributed by atoms with Crippen LogP contribution in [0.25, 0.3) is 10.9 Å². The summed E-state index contributed by atoms with van der Waals surface area (Å²) in [6.45, 7) is 5.99. The molecular formula is C14H18N2O3. The zero-order valence-corrected chi connectivity index (χ0v) is 11.8. The van der Waals surface area contributed by atoms with Crippen molar-refractivity contribution in [2.24, 2.45) is 0 Å². The van der Waals surface area contributed by atoms with Crippen molar-refractivity contribution in [2.75, 3.05) is 14.2 Å². The molecule has 0 amide bonds. The first-order valence-electron chi connectivity index (χ1n) is 6.03. The summed E-state index contributed by atoms with van der Waals surface area (Å²) in [4.78, 5) is 19.4. The Hall–Kier alpha value is -2.04. The highest BCUT2D eigenvalue weighted by Crippen LogP contribution is 2.30. The Kier molecular flexibility index (Phi) is 3.22. The van der Waals surface area contributed by atoms with Crippen LogP contribution in [0.15, 0.2) is 16.9 Å². The van der Waals surface area contributed by atoms with Gasteiger partial charge in [0.25, 0.3) is 5.56 Å². The molecule has 1 aromatic heterocycles. The van der Waals surface area contributed by atoms with Gasteiger partial charge in [-0.15, -0.1) is 0 Å². The summed E-state index contributed by atoms with van der Waals surface area (Å²) in [5.41, 5.74) is 0.211. The van der Waals surface area contributed by atoms with Crippen LogP contribution < -0.4 is 15.0 Å². The van der Waals surface area contributed by atoms with Gasteiger partial charge < -0.3 is 14.5 Å². The minimum absolute atomic E-state index is 0.170. The summed E-state index contributed by atoms with van der Waals surface area (Å²) in [6, 6.07) is 3.37. The van der Waals surface area contributed by atoms with Gasteiger partial charge in [-0.2, -0.15) is 0 Å². The van der Waals surface area contributed by atoms with E-state index in [1.807, 2.05) is 20.8 Å². The van der Waals surface area contributed by atoms with E-state index < -0.39 is 0 Å². The van der Waals surface area contributed by atoms with Gasteiger partial charge >= 0.3 is 0 Å². The van der Waals surface area contributed by atoms with E-state index in [4.69, 9.17) is 9.47 Å². The Bertz CT molecular complexity index is 669. The molecule has 19 heavy (non-hydrogen) atoms. The number of hydrogen-bond acceptors (Lipinski definition) is 4. The molecule has 1 aromatic carbocycles. The predicted octanol–water partition coefficient (Wildman–Crippen LogP) is 2.24. The Labute approximate surface area is 111 Å². The van der Waals surface area contributed by atoms with Crippen molar-refractivity contribution in [3.05, 3.63) is 28.3 Å². The van der Waals surface area contributed by atoms with Gasteiger partial charge in [-0.3, -0.25) is 4.79 Å².